The number of fused-ring (bicyclic) bond motifs is 1. The van der Waals surface area contributed by atoms with Gasteiger partial charge < -0.3 is 9.84 Å². The molecule has 2 heterocycles. The molecule has 1 aliphatic rings. The van der Waals surface area contributed by atoms with Gasteiger partial charge in [-0.25, -0.2) is 9.37 Å². The molecule has 0 radical (unpaired) electrons. The first-order valence-electron chi connectivity index (χ1n) is 6.33. The summed E-state index contributed by atoms with van der Waals surface area (Å²) in [5.74, 6) is 0.463. The molecule has 0 amide bonds. The van der Waals surface area contributed by atoms with Crippen LogP contribution in [0.4, 0.5) is 4.39 Å². The number of halogens is 2. The van der Waals surface area contributed by atoms with Crippen molar-refractivity contribution in [2.75, 3.05) is 6.61 Å². The second-order valence-electron chi connectivity index (χ2n) is 4.88. The van der Waals surface area contributed by atoms with Crippen LogP contribution in [0.15, 0.2) is 24.3 Å². The summed E-state index contributed by atoms with van der Waals surface area (Å²) in [4.78, 5) is 4.38. The third-order valence-electron chi connectivity index (χ3n) is 3.42. The quantitative estimate of drug-likeness (QED) is 0.921. The lowest BCUT2D eigenvalue weighted by atomic mass is 10.00. The van der Waals surface area contributed by atoms with Crippen molar-refractivity contribution in [3.8, 4) is 17.0 Å². The molecule has 5 heteroatoms. The molecule has 2 aromatic rings. The zero-order valence-corrected chi connectivity index (χ0v) is 11.6. The van der Waals surface area contributed by atoms with Crippen molar-refractivity contribution in [1.82, 2.24) is 4.98 Å². The topological polar surface area (TPSA) is 42.4 Å². The predicted molar refractivity (Wildman–Crippen MR) is 74.5 cm³/mol. The molecule has 3 nitrogen and oxygen atoms in total. The van der Waals surface area contributed by atoms with Gasteiger partial charge >= 0.3 is 0 Å². The van der Waals surface area contributed by atoms with Gasteiger partial charge in [0.2, 0.25) is 0 Å². The number of hydrogen-bond acceptors (Lipinski definition) is 3. The van der Waals surface area contributed by atoms with E-state index in [4.69, 9.17) is 16.3 Å². The van der Waals surface area contributed by atoms with E-state index in [1.807, 2.05) is 6.07 Å². The monoisotopic (exact) mass is 293 g/mol. The van der Waals surface area contributed by atoms with Gasteiger partial charge in [0.15, 0.2) is 0 Å². The maximum Gasteiger partial charge on any atom is 0.149 e. The van der Waals surface area contributed by atoms with E-state index < -0.39 is 5.82 Å². The van der Waals surface area contributed by atoms with Crippen LogP contribution in [0.2, 0.25) is 5.02 Å². The first kappa shape index (κ1) is 13.3. The molecule has 1 aliphatic heterocycles. The summed E-state index contributed by atoms with van der Waals surface area (Å²) in [7, 11) is 0. The van der Waals surface area contributed by atoms with Crippen LogP contribution in [-0.2, 0) is 6.61 Å². The van der Waals surface area contributed by atoms with E-state index in [0.717, 1.165) is 5.56 Å². The maximum atomic E-state index is 13.3. The fourth-order valence-corrected chi connectivity index (χ4v) is 2.52. The van der Waals surface area contributed by atoms with E-state index in [2.05, 4.69) is 11.9 Å². The van der Waals surface area contributed by atoms with Crippen LogP contribution in [0.1, 0.15) is 24.1 Å². The minimum absolute atomic E-state index is 0.0403. The van der Waals surface area contributed by atoms with Gasteiger partial charge in [0.05, 0.1) is 23.9 Å². The summed E-state index contributed by atoms with van der Waals surface area (Å²) in [5.41, 5.74) is 2.85. The molecule has 1 N–H and O–H groups in total. The lowest BCUT2D eigenvalue weighted by Gasteiger charge is -2.10. The average molecular weight is 294 g/mol. The fourth-order valence-electron chi connectivity index (χ4n) is 2.34. The second-order valence-corrected chi connectivity index (χ2v) is 5.29. The van der Waals surface area contributed by atoms with E-state index in [1.54, 1.807) is 6.07 Å². The molecule has 20 heavy (non-hydrogen) atoms. The Labute approximate surface area is 121 Å². The van der Waals surface area contributed by atoms with Gasteiger partial charge in [-0.3, -0.25) is 0 Å². The number of hydrogen-bond donors (Lipinski definition) is 1. The molecular weight excluding hydrogens is 281 g/mol. The minimum Gasteiger partial charge on any atom is -0.490 e. The Morgan fingerprint density at radius 1 is 1.45 bits per heavy atom. The smallest absolute Gasteiger partial charge is 0.149 e. The van der Waals surface area contributed by atoms with Gasteiger partial charge in [0.25, 0.3) is 0 Å². The SMILES string of the molecule is CC1COc2c1cc(CO)nc2-c1ccc(F)c(Cl)c1. The molecule has 0 saturated carbocycles. The number of nitrogens with zero attached hydrogens (tertiary/aromatic N) is 1. The number of rotatable bonds is 2. The van der Waals surface area contributed by atoms with E-state index in [9.17, 15) is 9.50 Å². The lowest BCUT2D eigenvalue weighted by molar-refractivity contribution is 0.276. The summed E-state index contributed by atoms with van der Waals surface area (Å²) in [5, 5.41) is 9.38. The standard InChI is InChI=1S/C15H13ClFNO2/c1-8-7-20-15-11(8)5-10(6-19)18-14(15)9-2-3-13(17)12(16)4-9/h2-5,8,19H,6-7H2,1H3. The van der Waals surface area contributed by atoms with E-state index in [-0.39, 0.29) is 17.5 Å². The summed E-state index contributed by atoms with van der Waals surface area (Å²) in [6.45, 7) is 2.48. The molecule has 0 saturated heterocycles. The first-order valence-corrected chi connectivity index (χ1v) is 6.71. The fraction of sp³-hybridized carbons (Fsp3) is 0.267. The van der Waals surface area contributed by atoms with Crippen LogP contribution in [0.3, 0.4) is 0 Å². The van der Waals surface area contributed by atoms with Gasteiger partial charge in [0, 0.05) is 17.0 Å². The summed E-state index contributed by atoms with van der Waals surface area (Å²) in [6, 6.07) is 6.28. The van der Waals surface area contributed by atoms with Gasteiger partial charge in [-0.05, 0) is 24.3 Å². The maximum absolute atomic E-state index is 13.3. The third kappa shape index (κ3) is 2.15. The van der Waals surface area contributed by atoms with Crippen LogP contribution >= 0.6 is 11.6 Å². The highest BCUT2D eigenvalue weighted by Gasteiger charge is 2.26. The average Bonchev–Trinajstić information content (AvgIpc) is 2.82. The van der Waals surface area contributed by atoms with Gasteiger partial charge in [-0.1, -0.05) is 18.5 Å². The van der Waals surface area contributed by atoms with Crippen LogP contribution in [0, 0.1) is 5.82 Å². The van der Waals surface area contributed by atoms with Gasteiger partial charge in [-0.15, -0.1) is 0 Å². The second kappa shape index (κ2) is 5.04. The molecular formula is C15H13ClFNO2. The Balaban J connectivity index is 2.20. The Morgan fingerprint density at radius 3 is 2.95 bits per heavy atom. The molecule has 0 bridgehead atoms. The number of aromatic nitrogens is 1. The Hall–Kier alpha value is -1.65. The number of benzene rings is 1. The van der Waals surface area contributed by atoms with Crippen molar-refractivity contribution < 1.29 is 14.2 Å². The van der Waals surface area contributed by atoms with Gasteiger partial charge in [0.1, 0.15) is 17.3 Å². The molecule has 1 aromatic heterocycles. The van der Waals surface area contributed by atoms with E-state index in [0.29, 0.717) is 29.3 Å². The summed E-state index contributed by atoms with van der Waals surface area (Å²) >= 11 is 5.82. The highest BCUT2D eigenvalue weighted by atomic mass is 35.5. The molecule has 3 rings (SSSR count). The predicted octanol–water partition coefficient (Wildman–Crippen LogP) is 3.53. The molecule has 0 spiro atoms. The largest absolute Gasteiger partial charge is 0.490 e. The van der Waals surface area contributed by atoms with Crippen molar-refractivity contribution in [3.63, 3.8) is 0 Å². The molecule has 1 aromatic carbocycles. The molecule has 104 valence electrons. The van der Waals surface area contributed by atoms with Crippen molar-refractivity contribution >= 4 is 11.6 Å². The Morgan fingerprint density at radius 2 is 2.25 bits per heavy atom. The number of aliphatic hydroxyl groups is 1. The highest BCUT2D eigenvalue weighted by Crippen LogP contribution is 2.41. The molecule has 0 fully saturated rings. The van der Waals surface area contributed by atoms with Crippen LogP contribution in [0.25, 0.3) is 11.3 Å². The van der Waals surface area contributed by atoms with Crippen molar-refractivity contribution in [2.45, 2.75) is 19.4 Å². The van der Waals surface area contributed by atoms with Crippen LogP contribution in [-0.4, -0.2) is 16.7 Å². The molecule has 1 atom stereocenters. The Kier molecular flexibility index (Phi) is 3.36. The van der Waals surface area contributed by atoms with Crippen molar-refractivity contribution in [1.29, 1.82) is 0 Å². The first-order chi connectivity index (χ1) is 9.60. The lowest BCUT2D eigenvalue weighted by Crippen LogP contribution is -1.97. The van der Waals surface area contributed by atoms with E-state index in [1.165, 1.54) is 12.1 Å². The van der Waals surface area contributed by atoms with Crippen molar-refractivity contribution in [2.24, 2.45) is 0 Å². The van der Waals surface area contributed by atoms with E-state index >= 15 is 0 Å². The number of ether oxygens (including phenoxy) is 1. The normalized spacial score (nSPS) is 16.9. The highest BCUT2D eigenvalue weighted by molar-refractivity contribution is 6.31. The Bertz CT molecular complexity index is 675. The summed E-state index contributed by atoms with van der Waals surface area (Å²) < 4.78 is 19.0. The molecule has 0 aliphatic carbocycles. The zero-order valence-electron chi connectivity index (χ0n) is 10.9. The minimum atomic E-state index is -0.473. The number of pyridine rings is 1. The summed E-state index contributed by atoms with van der Waals surface area (Å²) in [6.07, 6.45) is 0. The third-order valence-corrected chi connectivity index (χ3v) is 3.71. The molecule has 1 unspecified atom stereocenters. The van der Waals surface area contributed by atoms with Crippen molar-refractivity contribution in [3.05, 3.63) is 46.4 Å². The van der Waals surface area contributed by atoms with Gasteiger partial charge in [-0.2, -0.15) is 0 Å². The van der Waals surface area contributed by atoms with Crippen LogP contribution in [0.5, 0.6) is 5.75 Å². The number of aliphatic hydroxyl groups excluding tert-OH is 1. The zero-order chi connectivity index (χ0) is 14.3. The van der Waals surface area contributed by atoms with Crippen LogP contribution < -0.4 is 4.74 Å².